The van der Waals surface area contributed by atoms with E-state index in [1.54, 1.807) is 18.3 Å². The minimum absolute atomic E-state index is 0.0320. The first-order valence-electron chi connectivity index (χ1n) is 10.3. The quantitative estimate of drug-likeness (QED) is 0.483. The van der Waals surface area contributed by atoms with Crippen molar-refractivity contribution in [3.05, 3.63) is 53.4 Å². The highest BCUT2D eigenvalue weighted by Crippen LogP contribution is 2.29. The maximum absolute atomic E-state index is 13.6. The van der Waals surface area contributed by atoms with Crippen LogP contribution in [0, 0.1) is 0 Å². The molecule has 4 rings (SSSR count). The number of pyridine rings is 1. The smallest absolute Gasteiger partial charge is 0.260 e. The Morgan fingerprint density at radius 3 is 2.79 bits per heavy atom. The summed E-state index contributed by atoms with van der Waals surface area (Å²) in [5.74, 6) is 0.0396. The largest absolute Gasteiger partial charge is 0.355 e. The molecule has 0 radical (unpaired) electrons. The summed E-state index contributed by atoms with van der Waals surface area (Å²) < 4.78 is 33.7. The number of sulfonamides is 1. The highest BCUT2D eigenvalue weighted by molar-refractivity contribution is 7.98. The highest BCUT2D eigenvalue weighted by atomic mass is 35.5. The molecule has 0 aliphatic carbocycles. The number of carbonyl (C=O) groups excluding carboxylic acids is 1. The summed E-state index contributed by atoms with van der Waals surface area (Å²) in [5.41, 5.74) is 0.656. The van der Waals surface area contributed by atoms with E-state index in [0.29, 0.717) is 35.0 Å². The first-order chi connectivity index (χ1) is 15.9. The second-order valence-corrected chi connectivity index (χ2v) is 10.5. The number of nitrogens with zero attached hydrogens (tertiary/aromatic N) is 4. The van der Waals surface area contributed by atoms with Crippen molar-refractivity contribution < 1.29 is 17.7 Å². The lowest BCUT2D eigenvalue weighted by atomic mass is 10.1. The number of halogens is 1. The fourth-order valence-electron chi connectivity index (χ4n) is 3.59. The SMILES string of the molecule is CSc1ncccc1-c1nc(CN([C@@H]2CCCCNC2=O)S(=O)(=O)c2ccc(Cl)cc2)no1. The summed E-state index contributed by atoms with van der Waals surface area (Å²) in [4.78, 5) is 21.5. The van der Waals surface area contributed by atoms with E-state index in [0.717, 1.165) is 10.7 Å². The summed E-state index contributed by atoms with van der Waals surface area (Å²) in [7, 11) is -4.06. The topological polar surface area (TPSA) is 118 Å². The molecule has 1 aliphatic rings. The van der Waals surface area contributed by atoms with Crippen molar-refractivity contribution in [2.75, 3.05) is 12.8 Å². The maximum atomic E-state index is 13.6. The van der Waals surface area contributed by atoms with Gasteiger partial charge < -0.3 is 9.84 Å². The van der Waals surface area contributed by atoms with Gasteiger partial charge in [-0.05, 0) is 61.9 Å². The van der Waals surface area contributed by atoms with Gasteiger partial charge in [-0.1, -0.05) is 16.8 Å². The summed E-state index contributed by atoms with van der Waals surface area (Å²) in [6.45, 7) is 0.288. The number of hydrogen-bond acceptors (Lipinski definition) is 8. The lowest BCUT2D eigenvalue weighted by molar-refractivity contribution is -0.124. The van der Waals surface area contributed by atoms with Gasteiger partial charge in [-0.15, -0.1) is 11.8 Å². The maximum Gasteiger partial charge on any atom is 0.260 e. The van der Waals surface area contributed by atoms with E-state index >= 15 is 0 Å². The monoisotopic (exact) mass is 507 g/mol. The number of hydrogen-bond donors (Lipinski definition) is 1. The number of carbonyl (C=O) groups is 1. The second-order valence-electron chi connectivity index (χ2n) is 7.38. The lowest BCUT2D eigenvalue weighted by Gasteiger charge is -2.28. The summed E-state index contributed by atoms with van der Waals surface area (Å²) >= 11 is 7.37. The predicted molar refractivity (Wildman–Crippen MR) is 124 cm³/mol. The van der Waals surface area contributed by atoms with Gasteiger partial charge in [0, 0.05) is 17.8 Å². The molecule has 1 aliphatic heterocycles. The molecule has 1 fully saturated rings. The third-order valence-electron chi connectivity index (χ3n) is 5.23. The zero-order valence-electron chi connectivity index (χ0n) is 17.8. The van der Waals surface area contributed by atoms with E-state index in [1.807, 2.05) is 6.26 Å². The minimum Gasteiger partial charge on any atom is -0.355 e. The number of thioether (sulfide) groups is 1. The molecule has 1 aromatic carbocycles. The van der Waals surface area contributed by atoms with E-state index < -0.39 is 16.1 Å². The van der Waals surface area contributed by atoms with Crippen molar-refractivity contribution in [2.45, 2.75) is 41.8 Å². The average Bonchev–Trinajstić information content (AvgIpc) is 3.18. The molecule has 0 bridgehead atoms. The van der Waals surface area contributed by atoms with Crippen molar-refractivity contribution in [3.63, 3.8) is 0 Å². The average molecular weight is 508 g/mol. The molecular weight excluding hydrogens is 486 g/mol. The van der Waals surface area contributed by atoms with Gasteiger partial charge in [-0.25, -0.2) is 13.4 Å². The molecule has 0 unspecified atom stereocenters. The molecule has 0 spiro atoms. The molecule has 1 N–H and O–H groups in total. The van der Waals surface area contributed by atoms with Crippen molar-refractivity contribution in [1.82, 2.24) is 24.7 Å². The van der Waals surface area contributed by atoms with Gasteiger partial charge in [0.05, 0.1) is 17.0 Å². The van der Waals surface area contributed by atoms with Crippen LogP contribution in [0.2, 0.25) is 5.02 Å². The minimum atomic E-state index is -4.06. The van der Waals surface area contributed by atoms with Crippen LogP contribution in [0.1, 0.15) is 25.1 Å². The Hall–Kier alpha value is -2.47. The Bertz CT molecular complexity index is 1230. The van der Waals surface area contributed by atoms with Gasteiger partial charge >= 0.3 is 0 Å². The number of rotatable bonds is 7. The van der Waals surface area contributed by atoms with E-state index in [9.17, 15) is 13.2 Å². The molecule has 174 valence electrons. The third-order valence-corrected chi connectivity index (χ3v) is 8.07. The number of benzene rings is 1. The first-order valence-corrected chi connectivity index (χ1v) is 13.3. The van der Waals surface area contributed by atoms with Crippen LogP contribution >= 0.6 is 23.4 Å². The van der Waals surface area contributed by atoms with Crippen LogP contribution in [-0.4, -0.2) is 52.6 Å². The van der Waals surface area contributed by atoms with Crippen molar-refractivity contribution in [2.24, 2.45) is 0 Å². The zero-order chi connectivity index (χ0) is 23.4. The Balaban J connectivity index is 1.71. The number of amides is 1. The molecule has 1 saturated heterocycles. The first kappa shape index (κ1) is 23.7. The lowest BCUT2D eigenvalue weighted by Crippen LogP contribution is -2.48. The van der Waals surface area contributed by atoms with Crippen molar-refractivity contribution >= 4 is 39.3 Å². The molecule has 3 heterocycles. The molecule has 33 heavy (non-hydrogen) atoms. The summed E-state index contributed by atoms with van der Waals surface area (Å²) in [6, 6.07) is 8.50. The van der Waals surface area contributed by atoms with E-state index in [-0.39, 0.29) is 29.1 Å². The third kappa shape index (κ3) is 5.21. The van der Waals surface area contributed by atoms with Crippen molar-refractivity contribution in [1.29, 1.82) is 0 Å². The molecular formula is C21H22ClN5O4S2. The number of aromatic nitrogens is 3. The molecule has 2 aromatic heterocycles. The molecule has 1 atom stereocenters. The molecule has 0 saturated carbocycles. The second kappa shape index (κ2) is 10.2. The Morgan fingerprint density at radius 2 is 2.03 bits per heavy atom. The fourth-order valence-corrected chi connectivity index (χ4v) is 5.83. The van der Waals surface area contributed by atoms with Crippen molar-refractivity contribution in [3.8, 4) is 11.5 Å². The van der Waals surface area contributed by atoms with Crippen LogP contribution < -0.4 is 5.32 Å². The Kier molecular flexibility index (Phi) is 7.32. The number of nitrogens with one attached hydrogen (secondary N) is 1. The molecule has 12 heteroatoms. The van der Waals surface area contributed by atoms with E-state index in [1.165, 1.54) is 36.0 Å². The van der Waals surface area contributed by atoms with Gasteiger partial charge in [0.25, 0.3) is 5.89 Å². The van der Waals surface area contributed by atoms with Crippen LogP contribution in [-0.2, 0) is 21.4 Å². The van der Waals surface area contributed by atoms with E-state index in [2.05, 4.69) is 20.4 Å². The zero-order valence-corrected chi connectivity index (χ0v) is 20.2. The molecule has 1 amide bonds. The van der Waals surface area contributed by atoms with Gasteiger partial charge in [-0.2, -0.15) is 9.29 Å². The van der Waals surface area contributed by atoms with Gasteiger partial charge in [-0.3, -0.25) is 4.79 Å². The molecule has 9 nitrogen and oxygen atoms in total. The Labute approximate surface area is 201 Å². The fraction of sp³-hybridized carbons (Fsp3) is 0.333. The predicted octanol–water partition coefficient (Wildman–Crippen LogP) is 3.37. The highest BCUT2D eigenvalue weighted by Gasteiger charge is 2.37. The standard InChI is InChI=1S/C21H22ClN5O4S2/c1-32-21-16(5-4-12-24-21)20-25-18(26-31-20)13-27(17-6-2-3-11-23-19(17)28)33(29,30)15-9-7-14(22)8-10-15/h4-5,7-10,12,17H,2-3,6,11,13H2,1H3,(H,23,28)/t17-/m1/s1. The normalized spacial score (nSPS) is 17.1. The Morgan fingerprint density at radius 1 is 1.24 bits per heavy atom. The van der Waals surface area contributed by atoms with Gasteiger partial charge in [0.2, 0.25) is 15.9 Å². The van der Waals surface area contributed by atoms with Gasteiger partial charge in [0.1, 0.15) is 11.1 Å². The van der Waals surface area contributed by atoms with Crippen LogP contribution in [0.4, 0.5) is 0 Å². The van der Waals surface area contributed by atoms with Gasteiger partial charge in [0.15, 0.2) is 5.82 Å². The van der Waals surface area contributed by atoms with Crippen LogP contribution in [0.5, 0.6) is 0 Å². The van der Waals surface area contributed by atoms with Crippen LogP contribution in [0.25, 0.3) is 11.5 Å². The van der Waals surface area contributed by atoms with Crippen LogP contribution in [0.15, 0.2) is 57.0 Å². The van der Waals surface area contributed by atoms with Crippen LogP contribution in [0.3, 0.4) is 0 Å². The van der Waals surface area contributed by atoms with E-state index in [4.69, 9.17) is 16.1 Å². The molecule has 3 aromatic rings. The summed E-state index contributed by atoms with van der Waals surface area (Å²) in [6.07, 6.45) is 5.43. The summed E-state index contributed by atoms with van der Waals surface area (Å²) in [5, 5.41) is 7.91.